The van der Waals surface area contributed by atoms with E-state index in [1.807, 2.05) is 11.3 Å². The highest BCUT2D eigenvalue weighted by Crippen LogP contribution is 2.32. The molecule has 0 radical (unpaired) electrons. The first-order chi connectivity index (χ1) is 5.95. The maximum atomic E-state index is 2.24. The molecule has 0 spiro atoms. The van der Waals surface area contributed by atoms with Crippen molar-refractivity contribution in [1.82, 2.24) is 0 Å². The summed E-state index contributed by atoms with van der Waals surface area (Å²) in [5.74, 6) is 0. The number of hydrogen-bond donors (Lipinski definition) is 0. The zero-order valence-corrected chi connectivity index (χ0v) is 7.40. The summed E-state index contributed by atoms with van der Waals surface area (Å²) in [5, 5.41) is 3.72. The summed E-state index contributed by atoms with van der Waals surface area (Å²) in [6, 6.07) is 6.57. The van der Waals surface area contributed by atoms with Gasteiger partial charge >= 0.3 is 0 Å². The summed E-state index contributed by atoms with van der Waals surface area (Å²) in [6.07, 6.45) is 5.57. The lowest BCUT2D eigenvalue weighted by atomic mass is 9.99. The van der Waals surface area contributed by atoms with Gasteiger partial charge in [-0.15, -0.1) is 11.3 Å². The minimum Gasteiger partial charge on any atom is -0.143 e. The molecule has 0 amide bonds. The van der Waals surface area contributed by atoms with Crippen molar-refractivity contribution in [2.24, 2.45) is 0 Å². The number of allylic oxidation sites excluding steroid dienone is 1. The van der Waals surface area contributed by atoms with Crippen molar-refractivity contribution in [2.45, 2.75) is 6.42 Å². The molecule has 0 bridgehead atoms. The second kappa shape index (κ2) is 2.20. The van der Waals surface area contributed by atoms with Gasteiger partial charge in [0, 0.05) is 10.1 Å². The van der Waals surface area contributed by atoms with Crippen molar-refractivity contribution in [3.63, 3.8) is 0 Å². The minimum atomic E-state index is 1.10. The van der Waals surface area contributed by atoms with Crippen LogP contribution in [0.1, 0.15) is 11.1 Å². The highest BCUT2D eigenvalue weighted by molar-refractivity contribution is 7.17. The van der Waals surface area contributed by atoms with Crippen molar-refractivity contribution in [1.29, 1.82) is 0 Å². The summed E-state index contributed by atoms with van der Waals surface area (Å²) in [6.45, 7) is 0. The number of rotatable bonds is 0. The molecule has 2 aromatic rings. The van der Waals surface area contributed by atoms with Crippen molar-refractivity contribution < 1.29 is 0 Å². The summed E-state index contributed by atoms with van der Waals surface area (Å²) in [4.78, 5) is 0. The second-order valence-corrected chi connectivity index (χ2v) is 4.00. The molecular formula is C11H8S. The molecule has 3 rings (SSSR count). The molecule has 0 atom stereocenters. The Labute approximate surface area is 75.2 Å². The highest BCUT2D eigenvalue weighted by atomic mass is 32.1. The zero-order chi connectivity index (χ0) is 7.97. The van der Waals surface area contributed by atoms with Gasteiger partial charge in [0.25, 0.3) is 0 Å². The Balaban J connectivity index is 2.57. The molecular weight excluding hydrogens is 164 g/mol. The molecule has 1 heteroatoms. The summed E-state index contributed by atoms with van der Waals surface area (Å²) in [7, 11) is 0. The van der Waals surface area contributed by atoms with Crippen LogP contribution in [0.3, 0.4) is 0 Å². The molecule has 1 aromatic carbocycles. The maximum Gasteiger partial charge on any atom is 0.0351 e. The van der Waals surface area contributed by atoms with Gasteiger partial charge in [0.1, 0.15) is 0 Å². The average molecular weight is 172 g/mol. The van der Waals surface area contributed by atoms with Gasteiger partial charge in [0.15, 0.2) is 0 Å². The fourth-order valence-corrected chi connectivity index (χ4v) is 2.77. The van der Waals surface area contributed by atoms with Crippen LogP contribution in [0, 0.1) is 0 Å². The molecule has 0 unspecified atom stereocenters. The van der Waals surface area contributed by atoms with Crippen molar-refractivity contribution >= 4 is 27.5 Å². The first-order valence-corrected chi connectivity index (χ1v) is 4.99. The predicted molar refractivity (Wildman–Crippen MR) is 54.6 cm³/mol. The van der Waals surface area contributed by atoms with Crippen LogP contribution in [0.4, 0.5) is 0 Å². The lowest BCUT2D eigenvalue weighted by molar-refractivity contribution is 1.30. The molecule has 1 heterocycles. The summed E-state index contributed by atoms with van der Waals surface area (Å²) >= 11 is 1.84. The lowest BCUT2D eigenvalue weighted by Crippen LogP contribution is -1.87. The van der Waals surface area contributed by atoms with E-state index in [2.05, 4.69) is 35.7 Å². The van der Waals surface area contributed by atoms with Gasteiger partial charge < -0.3 is 0 Å². The molecule has 58 valence electrons. The van der Waals surface area contributed by atoms with E-state index in [0.29, 0.717) is 0 Å². The molecule has 1 aliphatic carbocycles. The van der Waals surface area contributed by atoms with Gasteiger partial charge in [-0.3, -0.25) is 0 Å². The molecule has 0 N–H and O–H groups in total. The molecule has 12 heavy (non-hydrogen) atoms. The van der Waals surface area contributed by atoms with Gasteiger partial charge in [0.2, 0.25) is 0 Å². The Kier molecular flexibility index (Phi) is 1.18. The molecule has 0 aliphatic heterocycles. The van der Waals surface area contributed by atoms with Crippen molar-refractivity contribution in [2.75, 3.05) is 0 Å². The van der Waals surface area contributed by atoms with E-state index in [4.69, 9.17) is 0 Å². The number of hydrogen-bond acceptors (Lipinski definition) is 1. The maximum absolute atomic E-state index is 2.24. The van der Waals surface area contributed by atoms with E-state index in [1.54, 1.807) is 0 Å². The van der Waals surface area contributed by atoms with Crippen LogP contribution in [0.25, 0.3) is 16.2 Å². The molecule has 1 aliphatic rings. The van der Waals surface area contributed by atoms with Crippen LogP contribution in [0.2, 0.25) is 0 Å². The van der Waals surface area contributed by atoms with E-state index in [0.717, 1.165) is 6.42 Å². The van der Waals surface area contributed by atoms with Crippen LogP contribution >= 0.6 is 11.3 Å². The zero-order valence-electron chi connectivity index (χ0n) is 6.58. The van der Waals surface area contributed by atoms with Crippen LogP contribution < -0.4 is 0 Å². The van der Waals surface area contributed by atoms with Crippen LogP contribution in [0.15, 0.2) is 29.7 Å². The van der Waals surface area contributed by atoms with Crippen LogP contribution in [-0.4, -0.2) is 0 Å². The Morgan fingerprint density at radius 1 is 1.25 bits per heavy atom. The number of benzene rings is 1. The van der Waals surface area contributed by atoms with E-state index in [9.17, 15) is 0 Å². The molecule has 1 aromatic heterocycles. The Bertz CT molecular complexity index is 463. The molecule has 0 saturated carbocycles. The molecule has 0 saturated heterocycles. The van der Waals surface area contributed by atoms with Gasteiger partial charge in [-0.1, -0.05) is 24.3 Å². The van der Waals surface area contributed by atoms with Crippen molar-refractivity contribution in [3.8, 4) is 0 Å². The van der Waals surface area contributed by atoms with Crippen molar-refractivity contribution in [3.05, 3.63) is 40.8 Å². The summed E-state index contributed by atoms with van der Waals surface area (Å²) in [5.41, 5.74) is 2.88. The first kappa shape index (κ1) is 6.44. The number of thiophene rings is 1. The normalized spacial score (nSPS) is 14.0. The van der Waals surface area contributed by atoms with E-state index in [1.165, 1.54) is 21.2 Å². The molecule has 0 nitrogen and oxygen atoms in total. The Morgan fingerprint density at radius 2 is 2.25 bits per heavy atom. The smallest absolute Gasteiger partial charge is 0.0351 e. The first-order valence-electron chi connectivity index (χ1n) is 4.11. The Morgan fingerprint density at radius 3 is 3.25 bits per heavy atom. The monoisotopic (exact) mass is 172 g/mol. The van der Waals surface area contributed by atoms with E-state index < -0.39 is 0 Å². The fraction of sp³-hybridized carbons (Fsp3) is 0.0909. The van der Waals surface area contributed by atoms with E-state index in [-0.39, 0.29) is 0 Å². The SMILES string of the molecule is C1=Cc2csc3cccc(c23)C1. The highest BCUT2D eigenvalue weighted by Gasteiger charge is 2.08. The largest absolute Gasteiger partial charge is 0.143 e. The lowest BCUT2D eigenvalue weighted by Gasteiger charge is -2.05. The molecule has 0 fully saturated rings. The van der Waals surface area contributed by atoms with Crippen LogP contribution in [0.5, 0.6) is 0 Å². The third kappa shape index (κ3) is 0.718. The quantitative estimate of drug-likeness (QED) is 0.570. The third-order valence-corrected chi connectivity index (χ3v) is 3.32. The minimum absolute atomic E-state index is 1.10. The standard InChI is InChI=1S/C11H8S/c1-3-8-4-2-6-10-11(8)9(5-1)7-12-10/h1-2,4-7H,3H2. The second-order valence-electron chi connectivity index (χ2n) is 3.09. The predicted octanol–water partition coefficient (Wildman–Crippen LogP) is 3.47. The van der Waals surface area contributed by atoms with Gasteiger partial charge in [-0.25, -0.2) is 0 Å². The van der Waals surface area contributed by atoms with Gasteiger partial charge in [0.05, 0.1) is 0 Å². The average Bonchev–Trinajstić information content (AvgIpc) is 2.52. The summed E-state index contributed by atoms with van der Waals surface area (Å²) < 4.78 is 1.42. The van der Waals surface area contributed by atoms with E-state index >= 15 is 0 Å². The Hall–Kier alpha value is -1.08. The van der Waals surface area contributed by atoms with Gasteiger partial charge in [-0.2, -0.15) is 0 Å². The third-order valence-electron chi connectivity index (χ3n) is 2.35. The topological polar surface area (TPSA) is 0 Å². The van der Waals surface area contributed by atoms with Gasteiger partial charge in [-0.05, 0) is 29.0 Å². The fourth-order valence-electron chi connectivity index (χ4n) is 1.79. The van der Waals surface area contributed by atoms with Crippen LogP contribution in [-0.2, 0) is 6.42 Å².